The van der Waals surface area contributed by atoms with E-state index in [1.165, 1.54) is 4.68 Å². The second kappa shape index (κ2) is 10.1. The van der Waals surface area contributed by atoms with Gasteiger partial charge in [-0.3, -0.25) is 10.1 Å². The molecule has 0 unspecified atom stereocenters. The average molecular weight is 515 g/mol. The lowest BCUT2D eigenvalue weighted by Gasteiger charge is -2.15. The van der Waals surface area contributed by atoms with Gasteiger partial charge in [0.1, 0.15) is 18.5 Å². The van der Waals surface area contributed by atoms with E-state index in [9.17, 15) is 19.1 Å². The summed E-state index contributed by atoms with van der Waals surface area (Å²) in [6, 6.07) is 22.0. The number of nitrogens with zero attached hydrogens (tertiary/aromatic N) is 3. The molecule has 194 valence electrons. The topological polar surface area (TPSA) is 106 Å². The first-order chi connectivity index (χ1) is 18.3. The maximum atomic E-state index is 13.0. The average Bonchev–Trinajstić information content (AvgIpc) is 3.68. The minimum Gasteiger partial charge on any atom is -0.481 e. The highest BCUT2D eigenvalue weighted by Gasteiger charge is 2.51. The summed E-state index contributed by atoms with van der Waals surface area (Å²) >= 11 is 0. The Kier molecular flexibility index (Phi) is 6.67. The van der Waals surface area contributed by atoms with Crippen LogP contribution in [0.15, 0.2) is 72.8 Å². The summed E-state index contributed by atoms with van der Waals surface area (Å²) in [6.07, 6.45) is 0.0783. The Morgan fingerprint density at radius 2 is 1.74 bits per heavy atom. The molecule has 5 rings (SSSR count). The fraction of sp³-hybridized carbons (Fsp3) is 0.241. The van der Waals surface area contributed by atoms with Crippen molar-refractivity contribution >= 4 is 17.9 Å². The molecule has 0 bridgehead atoms. The van der Waals surface area contributed by atoms with Gasteiger partial charge in [0.25, 0.3) is 0 Å². The van der Waals surface area contributed by atoms with E-state index in [2.05, 4.69) is 15.6 Å². The maximum Gasteiger partial charge on any atom is 0.413 e. The molecule has 1 aliphatic carbocycles. The Morgan fingerprint density at radius 1 is 1.08 bits per heavy atom. The number of amides is 1. The van der Waals surface area contributed by atoms with Gasteiger partial charge in [-0.1, -0.05) is 59.8 Å². The predicted molar refractivity (Wildman–Crippen MR) is 140 cm³/mol. The van der Waals surface area contributed by atoms with E-state index in [1.807, 2.05) is 48.5 Å². The predicted octanol–water partition coefficient (Wildman–Crippen LogP) is 6.14. The van der Waals surface area contributed by atoms with Crippen molar-refractivity contribution in [1.29, 1.82) is 0 Å². The summed E-state index contributed by atoms with van der Waals surface area (Å²) in [5.74, 6) is -0.397. The molecule has 0 saturated heterocycles. The largest absolute Gasteiger partial charge is 0.481 e. The number of rotatable bonds is 8. The van der Waals surface area contributed by atoms with E-state index in [0.29, 0.717) is 41.2 Å². The lowest BCUT2D eigenvalue weighted by atomic mass is 9.94. The van der Waals surface area contributed by atoms with Crippen LogP contribution in [0.25, 0.3) is 16.8 Å². The van der Waals surface area contributed by atoms with Crippen molar-refractivity contribution in [2.45, 2.75) is 44.9 Å². The van der Waals surface area contributed by atoms with E-state index >= 15 is 0 Å². The van der Waals surface area contributed by atoms with Crippen LogP contribution in [0.1, 0.15) is 48.3 Å². The van der Waals surface area contributed by atoms with E-state index in [4.69, 9.17) is 4.74 Å². The molecule has 4 aromatic rings. The standard InChI is InChI=1S/C29H27FN4O4/c1-18-26(31-28(37)38-19(2)23-5-3-4-20(16-23)17-30)34(33-32-18)25-12-8-22(9-13-25)21-6-10-24(11-7-21)29(14-15-29)27(35)36/h3-13,16,19H,14-15,17H2,1-2H3,(H,31,37)(H,35,36)/t19-/m1/s1. The van der Waals surface area contributed by atoms with Gasteiger partial charge >= 0.3 is 12.1 Å². The van der Waals surface area contributed by atoms with Crippen LogP contribution in [0.5, 0.6) is 0 Å². The van der Waals surface area contributed by atoms with Gasteiger partial charge in [-0.2, -0.15) is 4.68 Å². The van der Waals surface area contributed by atoms with Crippen molar-refractivity contribution in [2.75, 3.05) is 5.32 Å². The molecule has 1 aromatic heterocycles. The zero-order chi connectivity index (χ0) is 26.9. The van der Waals surface area contributed by atoms with Gasteiger partial charge in [0.05, 0.1) is 11.1 Å². The fourth-order valence-electron chi connectivity index (χ4n) is 4.49. The van der Waals surface area contributed by atoms with Crippen molar-refractivity contribution in [3.05, 3.63) is 95.2 Å². The zero-order valence-electron chi connectivity index (χ0n) is 21.0. The van der Waals surface area contributed by atoms with Crippen LogP contribution in [0.3, 0.4) is 0 Å². The molecule has 1 saturated carbocycles. The summed E-state index contributed by atoms with van der Waals surface area (Å²) in [4.78, 5) is 24.2. The quantitative estimate of drug-likeness (QED) is 0.293. The van der Waals surface area contributed by atoms with Crippen LogP contribution < -0.4 is 5.32 Å². The smallest absolute Gasteiger partial charge is 0.413 e. The minimum absolute atomic E-state index is 0.375. The number of carbonyl (C=O) groups excluding carboxylic acids is 1. The number of aliphatic carboxylic acids is 1. The second-order valence-electron chi connectivity index (χ2n) is 9.50. The van der Waals surface area contributed by atoms with Crippen molar-refractivity contribution in [1.82, 2.24) is 15.0 Å². The Labute approximate surface area is 219 Å². The number of ether oxygens (including phenoxy) is 1. The van der Waals surface area contributed by atoms with Crippen LogP contribution in [-0.2, 0) is 21.6 Å². The van der Waals surface area contributed by atoms with Gasteiger partial charge in [0, 0.05) is 0 Å². The summed E-state index contributed by atoms with van der Waals surface area (Å²) in [6.45, 7) is 2.86. The molecule has 1 aliphatic rings. The molecule has 8 nitrogen and oxygen atoms in total. The van der Waals surface area contributed by atoms with E-state index in [-0.39, 0.29) is 0 Å². The second-order valence-corrected chi connectivity index (χ2v) is 9.50. The fourth-order valence-corrected chi connectivity index (χ4v) is 4.49. The lowest BCUT2D eigenvalue weighted by molar-refractivity contribution is -0.140. The molecule has 0 radical (unpaired) electrons. The van der Waals surface area contributed by atoms with Gasteiger partial charge in [-0.15, -0.1) is 5.10 Å². The van der Waals surface area contributed by atoms with Gasteiger partial charge in [0.2, 0.25) is 0 Å². The van der Waals surface area contributed by atoms with Crippen LogP contribution in [0.4, 0.5) is 15.0 Å². The number of nitrogens with one attached hydrogen (secondary N) is 1. The Hall–Kier alpha value is -4.53. The third-order valence-electron chi connectivity index (χ3n) is 6.96. The number of carboxylic acids is 1. The first-order valence-electron chi connectivity index (χ1n) is 12.3. The third kappa shape index (κ3) is 4.87. The summed E-state index contributed by atoms with van der Waals surface area (Å²) in [7, 11) is 0. The molecule has 0 aliphatic heterocycles. The van der Waals surface area contributed by atoms with Crippen LogP contribution in [0.2, 0.25) is 0 Å². The number of carbonyl (C=O) groups is 2. The number of aryl methyl sites for hydroxylation is 1. The number of hydrogen-bond donors (Lipinski definition) is 2. The monoisotopic (exact) mass is 514 g/mol. The Bertz CT molecular complexity index is 1480. The molecule has 1 atom stereocenters. The molecular formula is C29H27FN4O4. The summed E-state index contributed by atoms with van der Waals surface area (Å²) < 4.78 is 20.0. The Morgan fingerprint density at radius 3 is 2.34 bits per heavy atom. The van der Waals surface area contributed by atoms with E-state index in [0.717, 1.165) is 16.7 Å². The molecule has 1 amide bonds. The molecule has 2 N–H and O–H groups in total. The van der Waals surface area contributed by atoms with Gasteiger partial charge in [-0.25, -0.2) is 9.18 Å². The summed E-state index contributed by atoms with van der Waals surface area (Å²) in [5.41, 5.74) is 4.43. The molecule has 38 heavy (non-hydrogen) atoms. The van der Waals surface area contributed by atoms with Crippen LogP contribution in [0, 0.1) is 6.92 Å². The highest BCUT2D eigenvalue weighted by molar-refractivity contribution is 5.85. The first kappa shape index (κ1) is 25.1. The number of alkyl halides is 1. The van der Waals surface area contributed by atoms with E-state index in [1.54, 1.807) is 38.1 Å². The minimum atomic E-state index is -0.772. The highest BCUT2D eigenvalue weighted by Crippen LogP contribution is 2.48. The molecule has 3 aromatic carbocycles. The van der Waals surface area contributed by atoms with Crippen molar-refractivity contribution in [2.24, 2.45) is 0 Å². The first-order valence-corrected chi connectivity index (χ1v) is 12.3. The number of anilines is 1. The molecule has 1 fully saturated rings. The Balaban J connectivity index is 1.29. The van der Waals surface area contributed by atoms with E-state index < -0.39 is 30.3 Å². The summed E-state index contributed by atoms with van der Waals surface area (Å²) in [5, 5.41) is 20.5. The number of carboxylic acid groups (broad SMARTS) is 1. The molecule has 0 spiro atoms. The zero-order valence-corrected chi connectivity index (χ0v) is 21.0. The van der Waals surface area contributed by atoms with Gasteiger partial charge in [-0.05, 0) is 72.7 Å². The third-order valence-corrected chi connectivity index (χ3v) is 6.96. The maximum absolute atomic E-state index is 13.0. The van der Waals surface area contributed by atoms with Crippen molar-refractivity contribution in [3.8, 4) is 16.8 Å². The van der Waals surface area contributed by atoms with Gasteiger partial charge < -0.3 is 9.84 Å². The van der Waals surface area contributed by atoms with Gasteiger partial charge in [0.15, 0.2) is 5.82 Å². The van der Waals surface area contributed by atoms with Crippen molar-refractivity contribution < 1.29 is 23.8 Å². The number of hydrogen-bond acceptors (Lipinski definition) is 5. The molecular weight excluding hydrogens is 487 g/mol. The van der Waals surface area contributed by atoms with Crippen molar-refractivity contribution in [3.63, 3.8) is 0 Å². The van der Waals surface area contributed by atoms with Crippen LogP contribution in [-0.4, -0.2) is 32.2 Å². The molecule has 9 heteroatoms. The number of aromatic nitrogens is 3. The number of benzene rings is 3. The highest BCUT2D eigenvalue weighted by atomic mass is 19.1. The number of halogens is 1. The SMILES string of the molecule is Cc1nnn(-c2ccc(-c3ccc(C4(C(=O)O)CC4)cc3)cc2)c1NC(=O)O[C@H](C)c1cccc(CF)c1. The van der Waals surface area contributed by atoms with Crippen LogP contribution >= 0.6 is 0 Å². The lowest BCUT2D eigenvalue weighted by Crippen LogP contribution is -2.19. The normalized spacial score (nSPS) is 14.5. The molecule has 1 heterocycles.